The van der Waals surface area contributed by atoms with E-state index in [1.165, 1.54) is 6.92 Å². The molecule has 0 spiro atoms. The molecule has 0 aromatic carbocycles. The lowest BCUT2D eigenvalue weighted by atomic mass is 9.84. The number of hydrogen-bond acceptors (Lipinski definition) is 4. The van der Waals surface area contributed by atoms with E-state index < -0.39 is 17.4 Å². The summed E-state index contributed by atoms with van der Waals surface area (Å²) >= 11 is 0. The Balaban J connectivity index is 3.12. The minimum Gasteiger partial charge on any atom is -0.478 e. The predicted octanol–water partition coefficient (Wildman–Crippen LogP) is 2.90. The number of likely N-dealkylation sites (tertiary alicyclic amines) is 1. The fourth-order valence-corrected chi connectivity index (χ4v) is 3.95. The standard InChI is InChI=1S/C23H41N3O4/c1-14(2)18(13-15(3)22(29)30)26(9)21(28)19(23(5,6)7)24-20(27)17-12-10-11-16(4)25(17)8/h13-14,16-19H,10-12H2,1-9H3,(H,24,27)(H,29,30)/b15-13+/t16-,17?,18-,19-/m1/s1. The molecular formula is C23H41N3O4. The van der Waals surface area contributed by atoms with Crippen LogP contribution in [-0.4, -0.2) is 71.0 Å². The van der Waals surface area contributed by atoms with Gasteiger partial charge >= 0.3 is 5.97 Å². The monoisotopic (exact) mass is 423 g/mol. The van der Waals surface area contributed by atoms with Gasteiger partial charge in [0.15, 0.2) is 0 Å². The number of nitrogens with one attached hydrogen (secondary N) is 1. The summed E-state index contributed by atoms with van der Waals surface area (Å²) in [6.07, 6.45) is 4.45. The zero-order valence-electron chi connectivity index (χ0n) is 20.2. The minimum atomic E-state index is -1.00. The quantitative estimate of drug-likeness (QED) is 0.615. The van der Waals surface area contributed by atoms with Crippen molar-refractivity contribution in [1.82, 2.24) is 15.1 Å². The molecule has 1 aliphatic rings. The van der Waals surface area contributed by atoms with Crippen LogP contribution in [0.2, 0.25) is 0 Å². The number of amides is 2. The highest BCUT2D eigenvalue weighted by Gasteiger charge is 2.39. The number of hydrogen-bond donors (Lipinski definition) is 2. The summed E-state index contributed by atoms with van der Waals surface area (Å²) in [5, 5.41) is 12.3. The van der Waals surface area contributed by atoms with Crippen molar-refractivity contribution in [3.05, 3.63) is 11.6 Å². The molecule has 2 N–H and O–H groups in total. The van der Waals surface area contributed by atoms with E-state index in [9.17, 15) is 19.5 Å². The van der Waals surface area contributed by atoms with E-state index in [1.807, 2.05) is 41.7 Å². The number of carbonyl (C=O) groups excluding carboxylic acids is 2. The number of carbonyl (C=O) groups is 3. The van der Waals surface area contributed by atoms with E-state index in [1.54, 1.807) is 18.0 Å². The van der Waals surface area contributed by atoms with Crippen molar-refractivity contribution >= 4 is 17.8 Å². The van der Waals surface area contributed by atoms with Gasteiger partial charge in [-0.3, -0.25) is 14.5 Å². The average molecular weight is 424 g/mol. The van der Waals surface area contributed by atoms with Crippen molar-refractivity contribution in [1.29, 1.82) is 0 Å². The van der Waals surface area contributed by atoms with Crippen LogP contribution in [0.4, 0.5) is 0 Å². The van der Waals surface area contributed by atoms with Gasteiger partial charge in [-0.2, -0.15) is 0 Å². The Hall–Kier alpha value is -1.89. The molecule has 0 saturated carbocycles. The zero-order valence-corrected chi connectivity index (χ0v) is 20.2. The van der Waals surface area contributed by atoms with Crippen LogP contribution in [0.3, 0.4) is 0 Å². The zero-order chi connectivity index (χ0) is 23.4. The number of nitrogens with zero attached hydrogens (tertiary/aromatic N) is 2. The average Bonchev–Trinajstić information content (AvgIpc) is 2.63. The van der Waals surface area contributed by atoms with Crippen molar-refractivity contribution in [2.24, 2.45) is 11.3 Å². The Morgan fingerprint density at radius 2 is 1.77 bits per heavy atom. The second-order valence-electron chi connectivity index (χ2n) is 10.1. The Morgan fingerprint density at radius 3 is 2.23 bits per heavy atom. The van der Waals surface area contributed by atoms with E-state index in [0.717, 1.165) is 19.3 Å². The summed E-state index contributed by atoms with van der Waals surface area (Å²) in [6, 6.07) is -1.00. The van der Waals surface area contributed by atoms with Gasteiger partial charge in [0.25, 0.3) is 0 Å². The number of carboxylic acids is 1. The Kier molecular flexibility index (Phi) is 9.08. The Labute approximate surface area is 181 Å². The molecule has 1 fully saturated rings. The van der Waals surface area contributed by atoms with Gasteiger partial charge in [0.05, 0.1) is 12.1 Å². The van der Waals surface area contributed by atoms with Crippen LogP contribution in [0.5, 0.6) is 0 Å². The molecule has 1 heterocycles. The van der Waals surface area contributed by atoms with Gasteiger partial charge in [-0.05, 0) is 51.5 Å². The van der Waals surface area contributed by atoms with Crippen molar-refractivity contribution in [2.45, 2.75) is 91.9 Å². The SMILES string of the molecule is C/C(=C\[C@H](C(C)C)N(C)C(=O)[C@@H](NC(=O)C1CCC[C@@H](C)N1C)C(C)(C)C)C(=O)O. The van der Waals surface area contributed by atoms with Crippen molar-refractivity contribution < 1.29 is 19.5 Å². The third-order valence-corrected chi connectivity index (χ3v) is 6.22. The summed E-state index contributed by atoms with van der Waals surface area (Å²) in [6.45, 7) is 13.3. The molecule has 1 unspecified atom stereocenters. The van der Waals surface area contributed by atoms with E-state index in [-0.39, 0.29) is 35.4 Å². The highest BCUT2D eigenvalue weighted by Crippen LogP contribution is 2.26. The summed E-state index contributed by atoms with van der Waals surface area (Å²) < 4.78 is 0. The number of rotatable bonds is 7. The smallest absolute Gasteiger partial charge is 0.331 e. The minimum absolute atomic E-state index is 0.0231. The van der Waals surface area contributed by atoms with Crippen molar-refractivity contribution in [3.63, 3.8) is 0 Å². The van der Waals surface area contributed by atoms with E-state index >= 15 is 0 Å². The third-order valence-electron chi connectivity index (χ3n) is 6.22. The van der Waals surface area contributed by atoms with Crippen LogP contribution in [0.1, 0.15) is 67.7 Å². The van der Waals surface area contributed by atoms with Gasteiger partial charge in [0.2, 0.25) is 11.8 Å². The molecule has 7 nitrogen and oxygen atoms in total. The molecular weight excluding hydrogens is 382 g/mol. The van der Waals surface area contributed by atoms with Crippen LogP contribution in [0, 0.1) is 11.3 Å². The van der Waals surface area contributed by atoms with Crippen LogP contribution < -0.4 is 5.32 Å². The molecule has 1 aliphatic heterocycles. The summed E-state index contributed by atoms with van der Waals surface area (Å²) in [5.74, 6) is -1.31. The lowest BCUT2D eigenvalue weighted by molar-refractivity contribution is -0.142. The maximum Gasteiger partial charge on any atom is 0.331 e. The molecule has 30 heavy (non-hydrogen) atoms. The normalized spacial score (nSPS) is 23.1. The number of aliphatic carboxylic acids is 1. The first-order valence-electron chi connectivity index (χ1n) is 10.9. The molecule has 0 aromatic heterocycles. The van der Waals surface area contributed by atoms with Crippen LogP contribution in [0.25, 0.3) is 0 Å². The van der Waals surface area contributed by atoms with E-state index in [0.29, 0.717) is 6.04 Å². The molecule has 7 heteroatoms. The van der Waals surface area contributed by atoms with E-state index in [2.05, 4.69) is 17.1 Å². The number of likely N-dealkylation sites (N-methyl/N-ethyl adjacent to an activating group) is 2. The fourth-order valence-electron chi connectivity index (χ4n) is 3.95. The lowest BCUT2D eigenvalue weighted by Gasteiger charge is -2.40. The summed E-state index contributed by atoms with van der Waals surface area (Å²) in [7, 11) is 3.64. The van der Waals surface area contributed by atoms with Gasteiger partial charge < -0.3 is 15.3 Å². The molecule has 1 rings (SSSR count). The van der Waals surface area contributed by atoms with Crippen LogP contribution in [-0.2, 0) is 14.4 Å². The van der Waals surface area contributed by atoms with Crippen LogP contribution in [0.15, 0.2) is 11.6 Å². The molecule has 0 aromatic rings. The topological polar surface area (TPSA) is 90.0 Å². The highest BCUT2D eigenvalue weighted by atomic mass is 16.4. The first kappa shape index (κ1) is 26.1. The van der Waals surface area contributed by atoms with E-state index in [4.69, 9.17) is 0 Å². The van der Waals surface area contributed by atoms with Gasteiger partial charge in [0, 0.05) is 18.7 Å². The molecule has 172 valence electrons. The maximum absolute atomic E-state index is 13.5. The summed E-state index contributed by atoms with van der Waals surface area (Å²) in [5.41, 5.74) is -0.296. The second kappa shape index (κ2) is 10.4. The third kappa shape index (κ3) is 6.56. The maximum atomic E-state index is 13.5. The number of carboxylic acid groups (broad SMARTS) is 1. The molecule has 0 aliphatic carbocycles. The second-order valence-corrected chi connectivity index (χ2v) is 10.1. The largest absolute Gasteiger partial charge is 0.478 e. The van der Waals surface area contributed by atoms with Crippen molar-refractivity contribution in [3.8, 4) is 0 Å². The molecule has 4 atom stereocenters. The van der Waals surface area contributed by atoms with Crippen molar-refractivity contribution in [2.75, 3.05) is 14.1 Å². The molecule has 2 amide bonds. The Morgan fingerprint density at radius 1 is 1.20 bits per heavy atom. The predicted molar refractivity (Wildman–Crippen MR) is 119 cm³/mol. The molecule has 0 bridgehead atoms. The highest BCUT2D eigenvalue weighted by molar-refractivity contribution is 5.91. The van der Waals surface area contributed by atoms with Gasteiger partial charge in [0.1, 0.15) is 6.04 Å². The molecule has 0 radical (unpaired) electrons. The Bertz CT molecular complexity index is 666. The van der Waals surface area contributed by atoms with Gasteiger partial charge in [-0.25, -0.2) is 4.79 Å². The summed E-state index contributed by atoms with van der Waals surface area (Å²) in [4.78, 5) is 41.5. The molecule has 1 saturated heterocycles. The number of piperidine rings is 1. The first-order valence-corrected chi connectivity index (χ1v) is 10.9. The first-order chi connectivity index (χ1) is 13.7. The van der Waals surface area contributed by atoms with Gasteiger partial charge in [-0.1, -0.05) is 40.7 Å². The fraction of sp³-hybridized carbons (Fsp3) is 0.783. The van der Waals surface area contributed by atoms with Crippen LogP contribution >= 0.6 is 0 Å². The van der Waals surface area contributed by atoms with Gasteiger partial charge in [-0.15, -0.1) is 0 Å². The lowest BCUT2D eigenvalue weighted by Crippen LogP contribution is -2.60.